The summed E-state index contributed by atoms with van der Waals surface area (Å²) in [5.74, 6) is 3.02. The second-order valence-corrected chi connectivity index (χ2v) is 9.02. The van der Waals surface area contributed by atoms with Crippen molar-refractivity contribution in [3.8, 4) is 5.75 Å². The summed E-state index contributed by atoms with van der Waals surface area (Å²) >= 11 is 0. The standard InChI is InChI=1S/C20H22NO.C8H5F6NO.Ir/c1-4-19(14(2)3)15-8-9-16-11-18(22-20(16)12-15)13-17-7-5-6-10-21-17;9-7(10,11)6(16,8(12,13)14)5-3-1-2-4-15-5;/h5-14,19H,4H2,1-3H3;1-4,16H;/q-1;;/b18-13+;;. The molecule has 0 spiro atoms. The molecule has 3 heterocycles. The molecule has 1 aromatic carbocycles. The van der Waals surface area contributed by atoms with Gasteiger partial charge in [0.25, 0.3) is 5.60 Å². The summed E-state index contributed by atoms with van der Waals surface area (Å²) in [4.78, 5) is 7.20. The van der Waals surface area contributed by atoms with Gasteiger partial charge in [-0.25, -0.2) is 0 Å². The van der Waals surface area contributed by atoms with Crippen molar-refractivity contribution >= 4 is 6.08 Å². The molecule has 4 nitrogen and oxygen atoms in total. The van der Waals surface area contributed by atoms with E-state index in [1.807, 2.05) is 24.3 Å². The molecule has 1 N–H and O–H groups in total. The van der Waals surface area contributed by atoms with E-state index < -0.39 is 23.6 Å². The minimum Gasteiger partial charge on any atom is -0.520 e. The van der Waals surface area contributed by atoms with Gasteiger partial charge in [0.05, 0.1) is 5.69 Å². The van der Waals surface area contributed by atoms with Gasteiger partial charge in [0.1, 0.15) is 0 Å². The Bertz CT molecular complexity index is 1220. The van der Waals surface area contributed by atoms with Gasteiger partial charge in [-0.05, 0) is 42.5 Å². The average Bonchev–Trinajstić information content (AvgIpc) is 3.25. The van der Waals surface area contributed by atoms with Crippen molar-refractivity contribution in [3.63, 3.8) is 0 Å². The number of nitrogens with zero attached hydrogens (tertiary/aromatic N) is 2. The monoisotopic (exact) mass is 730 g/mol. The molecule has 1 unspecified atom stereocenters. The van der Waals surface area contributed by atoms with Crippen LogP contribution in [0.5, 0.6) is 5.75 Å². The Hall–Kier alpha value is -2.88. The zero-order valence-electron chi connectivity index (χ0n) is 21.2. The number of pyridine rings is 2. The molecule has 213 valence electrons. The molecule has 1 aliphatic rings. The van der Waals surface area contributed by atoms with Gasteiger partial charge in [0.2, 0.25) is 0 Å². The van der Waals surface area contributed by atoms with Gasteiger partial charge in [-0.2, -0.15) is 26.3 Å². The third-order valence-electron chi connectivity index (χ3n) is 6.07. The Labute approximate surface area is 236 Å². The van der Waals surface area contributed by atoms with E-state index in [1.54, 1.807) is 6.20 Å². The quantitative estimate of drug-likeness (QED) is 0.217. The third-order valence-corrected chi connectivity index (χ3v) is 6.07. The van der Waals surface area contributed by atoms with Crippen LogP contribution in [-0.4, -0.2) is 27.4 Å². The van der Waals surface area contributed by atoms with Gasteiger partial charge in [-0.15, -0.1) is 17.7 Å². The van der Waals surface area contributed by atoms with Gasteiger partial charge in [-0.3, -0.25) is 9.97 Å². The van der Waals surface area contributed by atoms with E-state index in [0.717, 1.165) is 47.5 Å². The Morgan fingerprint density at radius 2 is 1.54 bits per heavy atom. The first-order valence-corrected chi connectivity index (χ1v) is 11.8. The number of rotatable bonds is 5. The van der Waals surface area contributed by atoms with E-state index >= 15 is 0 Å². The molecule has 0 fully saturated rings. The molecule has 3 aromatic rings. The summed E-state index contributed by atoms with van der Waals surface area (Å²) in [6, 6.07) is 15.0. The van der Waals surface area contributed by atoms with Crippen LogP contribution in [-0.2, 0) is 25.7 Å². The molecule has 11 heteroatoms. The van der Waals surface area contributed by atoms with Crippen LogP contribution in [0.15, 0.2) is 72.8 Å². The fourth-order valence-electron chi connectivity index (χ4n) is 4.10. The average molecular weight is 730 g/mol. The van der Waals surface area contributed by atoms with Crippen LogP contribution in [0.4, 0.5) is 26.3 Å². The fraction of sp³-hybridized carbons (Fsp3) is 0.321. The summed E-state index contributed by atoms with van der Waals surface area (Å²) in [5, 5.41) is 8.84. The van der Waals surface area contributed by atoms with E-state index in [-0.39, 0.29) is 20.1 Å². The normalized spacial score (nSPS) is 14.9. The number of benzene rings is 1. The van der Waals surface area contributed by atoms with Gasteiger partial charge < -0.3 is 9.84 Å². The van der Waals surface area contributed by atoms with Crippen molar-refractivity contribution in [3.05, 3.63) is 102 Å². The molecule has 1 radical (unpaired) electrons. The van der Waals surface area contributed by atoms with Crippen LogP contribution in [0.3, 0.4) is 0 Å². The molecule has 39 heavy (non-hydrogen) atoms. The van der Waals surface area contributed by atoms with E-state index in [2.05, 4.69) is 55.4 Å². The van der Waals surface area contributed by atoms with Crippen molar-refractivity contribution in [1.82, 2.24) is 9.97 Å². The third kappa shape index (κ3) is 7.41. The molecule has 1 aliphatic heterocycles. The number of allylic oxidation sites excluding steroid dienone is 1. The smallest absolute Gasteiger partial charge is 0.432 e. The molecule has 4 rings (SSSR count). The van der Waals surface area contributed by atoms with Crippen LogP contribution in [0.2, 0.25) is 0 Å². The molecular formula is C28H27F6IrN2O2-. The van der Waals surface area contributed by atoms with Crippen molar-refractivity contribution in [1.29, 1.82) is 0 Å². The predicted molar refractivity (Wildman–Crippen MR) is 131 cm³/mol. The second kappa shape index (κ2) is 13.0. The SMILES string of the molecule is CCC(c1ccc2c(c1)O/C(=C/c1ccccn1)[CH-]2)C(C)C.OC(c1ccccn1)(C(F)(F)F)C(F)(F)F.[Ir]. The van der Waals surface area contributed by atoms with Crippen LogP contribution in [0.1, 0.15) is 55.6 Å². The van der Waals surface area contributed by atoms with Crippen molar-refractivity contribution in [2.24, 2.45) is 5.92 Å². The zero-order chi connectivity index (χ0) is 28.1. The maximum Gasteiger partial charge on any atom is 0.432 e. The van der Waals surface area contributed by atoms with Crippen LogP contribution < -0.4 is 4.74 Å². The van der Waals surface area contributed by atoms with Gasteiger partial charge >= 0.3 is 12.4 Å². The topological polar surface area (TPSA) is 55.2 Å². The molecule has 0 amide bonds. The molecular weight excluding hydrogens is 703 g/mol. The first-order chi connectivity index (χ1) is 17.8. The molecule has 0 bridgehead atoms. The summed E-state index contributed by atoms with van der Waals surface area (Å²) in [6.45, 7) is 6.80. The van der Waals surface area contributed by atoms with Crippen molar-refractivity contribution < 1.29 is 56.3 Å². The number of ether oxygens (including phenoxy) is 1. The number of hydrogen-bond acceptors (Lipinski definition) is 4. The van der Waals surface area contributed by atoms with E-state index in [4.69, 9.17) is 9.84 Å². The zero-order valence-corrected chi connectivity index (χ0v) is 23.6. The number of fused-ring (bicyclic) bond motifs is 1. The van der Waals surface area contributed by atoms with E-state index in [9.17, 15) is 26.3 Å². The van der Waals surface area contributed by atoms with Crippen molar-refractivity contribution in [2.75, 3.05) is 0 Å². The molecule has 0 saturated heterocycles. The van der Waals surface area contributed by atoms with Crippen LogP contribution in [0, 0.1) is 12.3 Å². The Kier molecular flexibility index (Phi) is 10.8. The number of aromatic nitrogens is 2. The molecule has 0 saturated carbocycles. The minimum absolute atomic E-state index is 0. The molecule has 1 atom stereocenters. The second-order valence-electron chi connectivity index (χ2n) is 9.02. The molecule has 0 aliphatic carbocycles. The summed E-state index contributed by atoms with van der Waals surface area (Å²) in [6.07, 6.45) is -4.06. The summed E-state index contributed by atoms with van der Waals surface area (Å²) in [7, 11) is 0. The first-order valence-electron chi connectivity index (χ1n) is 11.8. The van der Waals surface area contributed by atoms with Gasteiger partial charge in [0.15, 0.2) is 0 Å². The van der Waals surface area contributed by atoms with Gasteiger partial charge in [-0.1, -0.05) is 57.0 Å². The maximum absolute atomic E-state index is 12.3. The largest absolute Gasteiger partial charge is 0.520 e. The van der Waals surface area contributed by atoms with Gasteiger partial charge in [0, 0.05) is 49.7 Å². The summed E-state index contributed by atoms with van der Waals surface area (Å²) < 4.78 is 79.6. The number of aliphatic hydroxyl groups is 1. The first kappa shape index (κ1) is 32.3. The Morgan fingerprint density at radius 1 is 0.923 bits per heavy atom. The molecule has 2 aromatic heterocycles. The minimum atomic E-state index is -5.89. The van der Waals surface area contributed by atoms with E-state index in [1.165, 1.54) is 5.56 Å². The summed E-state index contributed by atoms with van der Waals surface area (Å²) in [5.41, 5.74) is -3.03. The Balaban J connectivity index is 0.000000281. The fourth-order valence-corrected chi connectivity index (χ4v) is 4.10. The van der Waals surface area contributed by atoms with Crippen LogP contribution in [0.25, 0.3) is 6.08 Å². The number of halogens is 6. The van der Waals surface area contributed by atoms with Crippen molar-refractivity contribution in [2.45, 2.75) is 51.1 Å². The number of hydrogen-bond donors (Lipinski definition) is 1. The van der Waals surface area contributed by atoms with E-state index in [0.29, 0.717) is 17.9 Å². The van der Waals surface area contributed by atoms with Crippen LogP contribution >= 0.6 is 0 Å². The number of alkyl halides is 6. The predicted octanol–water partition coefficient (Wildman–Crippen LogP) is 7.61. The Morgan fingerprint density at radius 3 is 2.03 bits per heavy atom. The maximum atomic E-state index is 12.3.